The maximum absolute atomic E-state index is 9.05. The summed E-state index contributed by atoms with van der Waals surface area (Å²) < 4.78 is 14.0. The summed E-state index contributed by atoms with van der Waals surface area (Å²) in [5.74, 6) is 1.59. The number of aromatic nitrogens is 1. The van der Waals surface area contributed by atoms with Crippen LogP contribution in [0.15, 0.2) is 47.2 Å². The molecule has 4 nitrogen and oxygen atoms in total. The summed E-state index contributed by atoms with van der Waals surface area (Å²) in [6, 6.07) is 12.3. The first-order valence-corrected chi connectivity index (χ1v) is 8.18. The van der Waals surface area contributed by atoms with Crippen LogP contribution in [0.4, 0.5) is 0 Å². The van der Waals surface area contributed by atoms with Crippen LogP contribution in [0.5, 0.6) is 11.5 Å². The van der Waals surface area contributed by atoms with Gasteiger partial charge in [0.15, 0.2) is 6.20 Å². The van der Waals surface area contributed by atoms with Crippen molar-refractivity contribution in [2.75, 3.05) is 0 Å². The molecule has 4 heteroatoms. The molecule has 0 spiro atoms. The number of benzene rings is 2. The number of nitrogens with zero attached hydrogens (tertiary/aromatic N) is 2. The fraction of sp³-hybridized carbons (Fsp3) is 0.143. The molecule has 0 amide bonds. The Balaban J connectivity index is 1.94. The van der Waals surface area contributed by atoms with Gasteiger partial charge in [-0.25, -0.2) is 4.57 Å². The van der Waals surface area contributed by atoms with Gasteiger partial charge >= 0.3 is 0 Å². The first kappa shape index (κ1) is 14.1. The molecular weight excluding hydrogens is 312 g/mol. The molecule has 1 aliphatic rings. The lowest BCUT2D eigenvalue weighted by Crippen LogP contribution is -2.31. The molecule has 0 bridgehead atoms. The van der Waals surface area contributed by atoms with Gasteiger partial charge < -0.3 is 9.15 Å². The highest BCUT2D eigenvalue weighted by Gasteiger charge is 2.30. The Morgan fingerprint density at radius 3 is 2.88 bits per heavy atom. The van der Waals surface area contributed by atoms with Gasteiger partial charge in [0.25, 0.3) is 0 Å². The molecule has 0 aliphatic carbocycles. The molecular formula is C21H15N2O2+. The summed E-state index contributed by atoms with van der Waals surface area (Å²) in [6.07, 6.45) is 4.14. The van der Waals surface area contributed by atoms with Crippen molar-refractivity contribution in [3.63, 3.8) is 0 Å². The molecule has 0 fully saturated rings. The molecule has 0 saturated heterocycles. The second-order valence-electron chi connectivity index (χ2n) is 6.48. The zero-order chi connectivity index (χ0) is 17.1. The zero-order valence-electron chi connectivity index (χ0n) is 14.0. The van der Waals surface area contributed by atoms with Crippen LogP contribution >= 0.6 is 0 Å². The van der Waals surface area contributed by atoms with E-state index in [9.17, 15) is 0 Å². The van der Waals surface area contributed by atoms with E-state index in [1.807, 2.05) is 18.2 Å². The van der Waals surface area contributed by atoms with Crippen molar-refractivity contribution in [1.82, 2.24) is 0 Å². The van der Waals surface area contributed by atoms with E-state index in [0.29, 0.717) is 6.42 Å². The molecule has 0 atom stereocenters. The van der Waals surface area contributed by atoms with E-state index >= 15 is 0 Å². The normalized spacial score (nSPS) is 12.0. The fourth-order valence-electron chi connectivity index (χ4n) is 3.85. The Hall–Kier alpha value is -3.32. The lowest BCUT2D eigenvalue weighted by Gasteiger charge is -2.21. The standard InChI is InChI=1S/C21H15N2O2/c1-12-15-5-8-24-16(15)11-18-19(12)21-20-14(4-7-23(21)2)9-13(3-6-22)10-17(20)25-18/h4-5,7-11H,3H2,1-2H3/q+1. The van der Waals surface area contributed by atoms with Crippen LogP contribution in [-0.2, 0) is 13.5 Å². The lowest BCUT2D eigenvalue weighted by molar-refractivity contribution is -0.659. The number of fused-ring (bicyclic) bond motifs is 3. The summed E-state index contributed by atoms with van der Waals surface area (Å²) in [7, 11) is 2.05. The van der Waals surface area contributed by atoms with E-state index in [1.165, 1.54) is 0 Å². The van der Waals surface area contributed by atoms with Crippen molar-refractivity contribution >= 4 is 21.7 Å². The Morgan fingerprint density at radius 2 is 2.04 bits per heavy atom. The number of rotatable bonds is 1. The number of aryl methyl sites for hydroxylation is 2. The van der Waals surface area contributed by atoms with E-state index in [0.717, 1.165) is 55.6 Å². The molecule has 5 rings (SSSR count). The van der Waals surface area contributed by atoms with Crippen LogP contribution in [0.2, 0.25) is 0 Å². The van der Waals surface area contributed by atoms with E-state index < -0.39 is 0 Å². The first-order chi connectivity index (χ1) is 12.2. The highest BCUT2D eigenvalue weighted by atomic mass is 16.5. The molecule has 4 aromatic rings. The van der Waals surface area contributed by atoms with E-state index in [2.05, 4.69) is 42.9 Å². The van der Waals surface area contributed by atoms with Crippen LogP contribution in [0.3, 0.4) is 0 Å². The maximum atomic E-state index is 9.05. The second-order valence-corrected chi connectivity index (χ2v) is 6.48. The molecule has 3 heterocycles. The topological polar surface area (TPSA) is 50.0 Å². The zero-order valence-corrected chi connectivity index (χ0v) is 14.0. The SMILES string of the molecule is Cc1c2c(cc3occc13)Oc1cc(CC#N)cc3cc[n+](C)c-2c13. The molecule has 1 aliphatic heterocycles. The Morgan fingerprint density at radius 1 is 1.16 bits per heavy atom. The average Bonchev–Trinajstić information content (AvgIpc) is 3.06. The van der Waals surface area contributed by atoms with Crippen LogP contribution < -0.4 is 9.30 Å². The van der Waals surface area contributed by atoms with Crippen molar-refractivity contribution in [2.24, 2.45) is 7.05 Å². The van der Waals surface area contributed by atoms with Crippen molar-refractivity contribution in [1.29, 1.82) is 5.26 Å². The predicted molar refractivity (Wildman–Crippen MR) is 94.5 cm³/mol. The van der Waals surface area contributed by atoms with Crippen molar-refractivity contribution in [3.05, 3.63) is 53.9 Å². The molecule has 0 N–H and O–H groups in total. The quantitative estimate of drug-likeness (QED) is 0.424. The summed E-state index contributed by atoms with van der Waals surface area (Å²) in [4.78, 5) is 0. The number of hydrogen-bond acceptors (Lipinski definition) is 3. The number of hydrogen-bond donors (Lipinski definition) is 0. The first-order valence-electron chi connectivity index (χ1n) is 8.18. The Labute approximate surface area is 144 Å². The summed E-state index contributed by atoms with van der Waals surface area (Å²) in [5.41, 5.74) is 5.17. The van der Waals surface area contributed by atoms with Gasteiger partial charge in [-0.05, 0) is 41.6 Å². The van der Waals surface area contributed by atoms with Gasteiger partial charge in [0.1, 0.15) is 24.1 Å². The summed E-state index contributed by atoms with van der Waals surface area (Å²) in [6.45, 7) is 2.11. The van der Waals surface area contributed by atoms with E-state index in [1.54, 1.807) is 6.26 Å². The third-order valence-electron chi connectivity index (χ3n) is 4.98. The van der Waals surface area contributed by atoms with Crippen LogP contribution in [0.25, 0.3) is 33.0 Å². The van der Waals surface area contributed by atoms with Crippen molar-refractivity contribution in [3.8, 4) is 28.8 Å². The van der Waals surface area contributed by atoms with Crippen molar-refractivity contribution < 1.29 is 13.7 Å². The maximum Gasteiger partial charge on any atom is 0.228 e. The van der Waals surface area contributed by atoms with Crippen LogP contribution in [-0.4, -0.2) is 0 Å². The van der Waals surface area contributed by atoms with Gasteiger partial charge in [0.2, 0.25) is 5.69 Å². The smallest absolute Gasteiger partial charge is 0.228 e. The molecule has 0 radical (unpaired) electrons. The highest BCUT2D eigenvalue weighted by Crippen LogP contribution is 2.48. The Kier molecular flexibility index (Phi) is 2.72. The predicted octanol–water partition coefficient (Wildman–Crippen LogP) is 4.56. The molecule has 0 saturated carbocycles. The van der Waals surface area contributed by atoms with Crippen molar-refractivity contribution in [2.45, 2.75) is 13.3 Å². The lowest BCUT2D eigenvalue weighted by atomic mass is 9.93. The van der Waals surface area contributed by atoms with Crippen LogP contribution in [0, 0.1) is 18.3 Å². The highest BCUT2D eigenvalue weighted by molar-refractivity contribution is 6.04. The third-order valence-corrected chi connectivity index (χ3v) is 4.98. The van der Waals surface area contributed by atoms with Gasteiger partial charge in [-0.15, -0.1) is 0 Å². The van der Waals surface area contributed by atoms with Gasteiger partial charge in [-0.3, -0.25) is 0 Å². The minimum absolute atomic E-state index is 0.367. The molecule has 0 unspecified atom stereocenters. The van der Waals surface area contributed by atoms with Gasteiger partial charge in [-0.2, -0.15) is 5.26 Å². The number of ether oxygens (including phenoxy) is 1. The number of pyridine rings is 1. The molecule has 2 aromatic carbocycles. The largest absolute Gasteiger partial charge is 0.464 e. The summed E-state index contributed by atoms with van der Waals surface area (Å²) >= 11 is 0. The minimum Gasteiger partial charge on any atom is -0.464 e. The molecule has 120 valence electrons. The number of furan rings is 1. The average molecular weight is 327 g/mol. The van der Waals surface area contributed by atoms with E-state index in [-0.39, 0.29) is 0 Å². The van der Waals surface area contributed by atoms with Gasteiger partial charge in [-0.1, -0.05) is 0 Å². The second kappa shape index (κ2) is 4.84. The Bertz CT molecular complexity index is 1230. The minimum atomic E-state index is 0.367. The van der Waals surface area contributed by atoms with Crippen LogP contribution in [0.1, 0.15) is 11.1 Å². The fourth-order valence-corrected chi connectivity index (χ4v) is 3.85. The summed E-state index contributed by atoms with van der Waals surface area (Å²) in [5, 5.41) is 12.3. The third kappa shape index (κ3) is 1.84. The number of nitriles is 1. The molecule has 2 aromatic heterocycles. The molecule has 25 heavy (non-hydrogen) atoms. The monoisotopic (exact) mass is 327 g/mol. The van der Waals surface area contributed by atoms with Gasteiger partial charge in [0, 0.05) is 17.5 Å². The van der Waals surface area contributed by atoms with E-state index in [4.69, 9.17) is 14.4 Å². The van der Waals surface area contributed by atoms with Gasteiger partial charge in [0.05, 0.1) is 29.7 Å².